The van der Waals surface area contributed by atoms with Crippen molar-refractivity contribution in [2.45, 2.75) is 30.2 Å². The van der Waals surface area contributed by atoms with Crippen LogP contribution in [0.3, 0.4) is 0 Å². The quantitative estimate of drug-likeness (QED) is 0.586. The number of sulfone groups is 1. The van der Waals surface area contributed by atoms with Gasteiger partial charge in [-0.1, -0.05) is 0 Å². The van der Waals surface area contributed by atoms with Crippen molar-refractivity contribution in [1.82, 2.24) is 4.57 Å². The van der Waals surface area contributed by atoms with E-state index in [0.29, 0.717) is 28.4 Å². The van der Waals surface area contributed by atoms with Crippen LogP contribution in [0.15, 0.2) is 69.2 Å². The molecule has 9 heteroatoms. The Morgan fingerprint density at radius 3 is 2.00 bits per heavy atom. The number of amides is 1. The number of aryl methyl sites for hydroxylation is 2. The van der Waals surface area contributed by atoms with Crippen LogP contribution in [0.5, 0.6) is 11.5 Å². The number of carbonyl (C=O) groups excluding carboxylic acids is 1. The van der Waals surface area contributed by atoms with Gasteiger partial charge in [0.15, 0.2) is 0 Å². The maximum absolute atomic E-state index is 13.2. The summed E-state index contributed by atoms with van der Waals surface area (Å²) in [6, 6.07) is 14.1. The number of hydrogen-bond acceptors (Lipinski definition) is 6. The van der Waals surface area contributed by atoms with Crippen molar-refractivity contribution in [2.75, 3.05) is 19.5 Å². The lowest BCUT2D eigenvalue weighted by molar-refractivity contribution is -0.116. The Morgan fingerprint density at radius 2 is 1.47 bits per heavy atom. The SMILES string of the molecule is COc1ccc(NC(=O)Cn2c(C)cc(C)c(S(=O)(=O)c3ccc(OC)cc3)c2=O)cc1. The van der Waals surface area contributed by atoms with E-state index in [2.05, 4.69) is 5.32 Å². The van der Waals surface area contributed by atoms with Crippen LogP contribution in [0.25, 0.3) is 0 Å². The van der Waals surface area contributed by atoms with Gasteiger partial charge in [-0.15, -0.1) is 0 Å². The summed E-state index contributed by atoms with van der Waals surface area (Å²) in [5.74, 6) is 0.677. The highest BCUT2D eigenvalue weighted by atomic mass is 32.2. The lowest BCUT2D eigenvalue weighted by Gasteiger charge is -2.15. The number of anilines is 1. The summed E-state index contributed by atoms with van der Waals surface area (Å²) in [5.41, 5.74) is 0.573. The molecule has 3 rings (SSSR count). The van der Waals surface area contributed by atoms with Crippen LogP contribution in [0.2, 0.25) is 0 Å². The van der Waals surface area contributed by atoms with Crippen molar-refractivity contribution >= 4 is 21.4 Å². The number of ether oxygens (including phenoxy) is 2. The number of methoxy groups -OCH3 is 2. The maximum atomic E-state index is 13.2. The number of hydrogen-bond donors (Lipinski definition) is 1. The van der Waals surface area contributed by atoms with Crippen molar-refractivity contribution in [3.05, 3.63) is 76.2 Å². The Kier molecular flexibility index (Phi) is 6.69. The Balaban J connectivity index is 1.95. The molecule has 0 saturated heterocycles. The van der Waals surface area contributed by atoms with Crippen molar-refractivity contribution in [3.8, 4) is 11.5 Å². The lowest BCUT2D eigenvalue weighted by Crippen LogP contribution is -2.33. The molecule has 1 aromatic heterocycles. The van der Waals surface area contributed by atoms with Crippen LogP contribution in [0.1, 0.15) is 11.3 Å². The van der Waals surface area contributed by atoms with E-state index in [9.17, 15) is 18.0 Å². The summed E-state index contributed by atoms with van der Waals surface area (Å²) < 4.78 is 37.7. The average molecular weight is 457 g/mol. The van der Waals surface area contributed by atoms with Gasteiger partial charge in [-0.25, -0.2) is 8.42 Å². The van der Waals surface area contributed by atoms with E-state index in [0.717, 1.165) is 4.57 Å². The first-order chi connectivity index (χ1) is 15.2. The van der Waals surface area contributed by atoms with Crippen LogP contribution in [0, 0.1) is 13.8 Å². The number of rotatable bonds is 7. The first-order valence-electron chi connectivity index (χ1n) is 9.71. The smallest absolute Gasteiger partial charge is 0.270 e. The maximum Gasteiger partial charge on any atom is 0.270 e. The molecule has 0 aliphatic rings. The van der Waals surface area contributed by atoms with Gasteiger partial charge < -0.3 is 19.4 Å². The molecule has 0 atom stereocenters. The molecule has 1 N–H and O–H groups in total. The van der Waals surface area contributed by atoms with E-state index < -0.39 is 21.3 Å². The zero-order valence-corrected chi connectivity index (χ0v) is 19.0. The highest BCUT2D eigenvalue weighted by Crippen LogP contribution is 2.24. The zero-order chi connectivity index (χ0) is 23.5. The summed E-state index contributed by atoms with van der Waals surface area (Å²) in [6.07, 6.45) is 0. The van der Waals surface area contributed by atoms with E-state index >= 15 is 0 Å². The van der Waals surface area contributed by atoms with Gasteiger partial charge >= 0.3 is 0 Å². The molecular weight excluding hydrogens is 432 g/mol. The summed E-state index contributed by atoms with van der Waals surface area (Å²) in [6.45, 7) is 2.88. The first-order valence-corrected chi connectivity index (χ1v) is 11.2. The number of carbonyl (C=O) groups is 1. The first kappa shape index (κ1) is 23.1. The summed E-state index contributed by atoms with van der Waals surface area (Å²) in [4.78, 5) is 25.4. The third-order valence-electron chi connectivity index (χ3n) is 4.96. The molecule has 0 aliphatic carbocycles. The summed E-state index contributed by atoms with van der Waals surface area (Å²) >= 11 is 0. The Bertz CT molecular complexity index is 1290. The number of pyridine rings is 1. The second-order valence-electron chi connectivity index (χ2n) is 7.14. The molecule has 0 aliphatic heterocycles. The summed E-state index contributed by atoms with van der Waals surface area (Å²) in [7, 11) is -1.09. The second kappa shape index (κ2) is 9.27. The molecule has 3 aromatic rings. The van der Waals surface area contributed by atoms with Crippen molar-refractivity contribution in [3.63, 3.8) is 0 Å². The van der Waals surface area contributed by atoms with Gasteiger partial charge in [-0.3, -0.25) is 9.59 Å². The highest BCUT2D eigenvalue weighted by Gasteiger charge is 2.26. The van der Waals surface area contributed by atoms with E-state index in [4.69, 9.17) is 9.47 Å². The number of nitrogens with one attached hydrogen (secondary N) is 1. The van der Waals surface area contributed by atoms with E-state index in [1.165, 1.54) is 38.5 Å². The molecule has 0 saturated carbocycles. The Morgan fingerprint density at radius 1 is 0.938 bits per heavy atom. The third-order valence-corrected chi connectivity index (χ3v) is 6.89. The molecule has 32 heavy (non-hydrogen) atoms. The van der Waals surface area contributed by atoms with Crippen molar-refractivity contribution in [1.29, 1.82) is 0 Å². The predicted octanol–water partition coefficient (Wildman–Crippen LogP) is 2.95. The largest absolute Gasteiger partial charge is 0.497 e. The number of aromatic nitrogens is 1. The third kappa shape index (κ3) is 4.67. The van der Waals surface area contributed by atoms with Crippen LogP contribution in [-0.2, 0) is 21.2 Å². The average Bonchev–Trinajstić information content (AvgIpc) is 2.77. The second-order valence-corrected chi connectivity index (χ2v) is 9.03. The molecule has 0 spiro atoms. The van der Waals surface area contributed by atoms with Gasteiger partial charge in [-0.2, -0.15) is 0 Å². The fraction of sp³-hybridized carbons (Fsp3) is 0.217. The molecule has 0 radical (unpaired) electrons. The van der Waals surface area contributed by atoms with Gasteiger partial charge in [0.05, 0.1) is 19.1 Å². The Hall–Kier alpha value is -3.59. The molecule has 0 unspecified atom stereocenters. The fourth-order valence-electron chi connectivity index (χ4n) is 3.32. The minimum absolute atomic E-state index is 0.0309. The summed E-state index contributed by atoms with van der Waals surface area (Å²) in [5, 5.41) is 2.70. The molecule has 2 aromatic carbocycles. The van der Waals surface area contributed by atoms with Gasteiger partial charge in [-0.05, 0) is 74.0 Å². The minimum Gasteiger partial charge on any atom is -0.497 e. The molecule has 1 heterocycles. The topological polar surface area (TPSA) is 104 Å². The number of benzene rings is 2. The van der Waals surface area contributed by atoms with Gasteiger partial charge in [0, 0.05) is 11.4 Å². The minimum atomic E-state index is -4.10. The predicted molar refractivity (Wildman–Crippen MR) is 120 cm³/mol. The fourth-order valence-corrected chi connectivity index (χ4v) is 4.88. The molecule has 0 bridgehead atoms. The van der Waals surface area contributed by atoms with Gasteiger partial charge in [0.25, 0.3) is 5.56 Å². The van der Waals surface area contributed by atoms with Crippen LogP contribution >= 0.6 is 0 Å². The molecule has 168 valence electrons. The van der Waals surface area contributed by atoms with Crippen LogP contribution in [-0.4, -0.2) is 33.1 Å². The molecule has 1 amide bonds. The molecule has 0 fully saturated rings. The molecular formula is C23H24N2O6S. The molecule has 8 nitrogen and oxygen atoms in total. The monoisotopic (exact) mass is 456 g/mol. The standard InChI is InChI=1S/C23H24N2O6S/c1-15-13-16(2)25(14-21(26)24-17-5-7-18(30-3)8-6-17)23(27)22(15)32(28,29)20-11-9-19(31-4)10-12-20/h5-13H,14H2,1-4H3,(H,24,26). The van der Waals surface area contributed by atoms with Gasteiger partial charge in [0.1, 0.15) is 22.9 Å². The lowest BCUT2D eigenvalue weighted by atomic mass is 10.2. The van der Waals surface area contributed by atoms with Crippen molar-refractivity contribution in [2.24, 2.45) is 0 Å². The Labute approximate surface area is 186 Å². The number of nitrogens with zero attached hydrogens (tertiary/aromatic N) is 1. The van der Waals surface area contributed by atoms with E-state index in [-0.39, 0.29) is 16.3 Å². The zero-order valence-electron chi connectivity index (χ0n) is 18.2. The van der Waals surface area contributed by atoms with Gasteiger partial charge in [0.2, 0.25) is 15.7 Å². The normalized spacial score (nSPS) is 11.1. The van der Waals surface area contributed by atoms with E-state index in [1.807, 2.05) is 0 Å². The van der Waals surface area contributed by atoms with E-state index in [1.54, 1.807) is 44.2 Å². The van der Waals surface area contributed by atoms with Crippen LogP contribution < -0.4 is 20.3 Å². The van der Waals surface area contributed by atoms with Crippen LogP contribution in [0.4, 0.5) is 5.69 Å². The van der Waals surface area contributed by atoms with Crippen molar-refractivity contribution < 1.29 is 22.7 Å². The highest BCUT2D eigenvalue weighted by molar-refractivity contribution is 7.91.